The minimum Gasteiger partial charge on any atom is -0.294 e. The first kappa shape index (κ1) is 35.6. The lowest BCUT2D eigenvalue weighted by molar-refractivity contribution is -0.140. The second-order valence-electron chi connectivity index (χ2n) is 14.8. The number of hydrogen-bond acceptors (Lipinski definition) is 8. The van der Waals surface area contributed by atoms with Gasteiger partial charge in [0.15, 0.2) is 46.3 Å². The topological polar surface area (TPSA) is 137 Å². The summed E-state index contributed by atoms with van der Waals surface area (Å²) < 4.78 is 0. The van der Waals surface area contributed by atoms with E-state index in [-0.39, 0.29) is 51.4 Å². The summed E-state index contributed by atoms with van der Waals surface area (Å²) in [5.74, 6) is -4.22. The molecule has 0 aromatic rings. The van der Waals surface area contributed by atoms with Gasteiger partial charge in [-0.05, 0) is 100.0 Å². The first-order valence-corrected chi connectivity index (χ1v) is 18.1. The average molecular weight is 657 g/mol. The Morgan fingerprint density at radius 1 is 0.229 bits per heavy atom. The number of hydrogen-bond donors (Lipinski definition) is 0. The van der Waals surface area contributed by atoms with Crippen LogP contribution in [0.2, 0.25) is 0 Å². The van der Waals surface area contributed by atoms with E-state index >= 15 is 0 Å². The van der Waals surface area contributed by atoms with Crippen molar-refractivity contribution in [2.75, 3.05) is 0 Å². The lowest BCUT2D eigenvalue weighted by atomic mass is 9.65. The van der Waals surface area contributed by atoms with Crippen LogP contribution in [0, 0.1) is 21.7 Å². The molecule has 0 amide bonds. The summed E-state index contributed by atoms with van der Waals surface area (Å²) in [7, 11) is 0. The molecule has 0 bridgehead atoms. The molecule has 0 unspecified atom stereocenters. The molecule has 0 aromatic carbocycles. The monoisotopic (exact) mass is 656 g/mol. The summed E-state index contributed by atoms with van der Waals surface area (Å²) in [6.45, 7) is 0. The van der Waals surface area contributed by atoms with Gasteiger partial charge in [0.1, 0.15) is 0 Å². The first-order valence-electron chi connectivity index (χ1n) is 18.1. The third kappa shape index (κ3) is 6.64. The molecule has 4 fully saturated rings. The first-order chi connectivity index (χ1) is 23.0. The van der Waals surface area contributed by atoms with Crippen molar-refractivity contribution in [1.29, 1.82) is 0 Å². The number of ketones is 8. The van der Waals surface area contributed by atoms with Crippen LogP contribution in [0.5, 0.6) is 0 Å². The molecule has 0 atom stereocenters. The highest BCUT2D eigenvalue weighted by atomic mass is 16.2. The lowest BCUT2D eigenvalue weighted by Gasteiger charge is -2.35. The van der Waals surface area contributed by atoms with Gasteiger partial charge < -0.3 is 0 Å². The Hall–Kier alpha value is -3.68. The van der Waals surface area contributed by atoms with E-state index in [1.165, 1.54) is 0 Å². The van der Waals surface area contributed by atoms with E-state index in [0.29, 0.717) is 51.4 Å². The Morgan fingerprint density at radius 3 is 0.479 bits per heavy atom. The van der Waals surface area contributed by atoms with E-state index < -0.39 is 67.9 Å². The molecule has 0 aromatic heterocycles. The van der Waals surface area contributed by atoms with Gasteiger partial charge in [0, 0.05) is 0 Å². The van der Waals surface area contributed by atoms with Gasteiger partial charge in [0.25, 0.3) is 0 Å². The Morgan fingerprint density at radius 2 is 0.354 bits per heavy atom. The lowest BCUT2D eigenvalue weighted by Crippen LogP contribution is -2.43. The van der Waals surface area contributed by atoms with Crippen molar-refractivity contribution in [1.82, 2.24) is 0 Å². The van der Waals surface area contributed by atoms with E-state index in [0.717, 1.165) is 74.3 Å². The summed E-state index contributed by atoms with van der Waals surface area (Å²) in [4.78, 5) is 111. The molecule has 0 N–H and O–H groups in total. The molecule has 0 saturated heterocycles. The van der Waals surface area contributed by atoms with Crippen LogP contribution in [0.3, 0.4) is 0 Å². The molecule has 4 spiro atoms. The second kappa shape index (κ2) is 14.8. The summed E-state index contributed by atoms with van der Waals surface area (Å²) in [6.07, 6.45) is 19.6. The largest absolute Gasteiger partial charge is 0.294 e. The van der Waals surface area contributed by atoms with E-state index in [2.05, 4.69) is 0 Å². The van der Waals surface area contributed by atoms with E-state index in [1.54, 1.807) is 0 Å². The third-order valence-corrected chi connectivity index (χ3v) is 12.1. The second-order valence-corrected chi connectivity index (χ2v) is 14.8. The van der Waals surface area contributed by atoms with Gasteiger partial charge in [-0.15, -0.1) is 0 Å². The van der Waals surface area contributed by atoms with Crippen molar-refractivity contribution in [3.8, 4) is 0 Å². The predicted octanol–water partition coefficient (Wildman–Crippen LogP) is 6.58. The highest BCUT2D eigenvalue weighted by Crippen LogP contribution is 2.44. The molecule has 8 heteroatoms. The van der Waals surface area contributed by atoms with Crippen LogP contribution in [0.4, 0.5) is 0 Å². The normalized spacial score (nSPS) is 27.0. The van der Waals surface area contributed by atoms with E-state index in [9.17, 15) is 38.4 Å². The van der Waals surface area contributed by atoms with Gasteiger partial charge in [-0.25, -0.2) is 0 Å². The van der Waals surface area contributed by atoms with Gasteiger partial charge in [-0.3, -0.25) is 38.4 Å². The quantitative estimate of drug-likeness (QED) is 0.267. The summed E-state index contributed by atoms with van der Waals surface area (Å²) >= 11 is 0. The van der Waals surface area contributed by atoms with Gasteiger partial charge >= 0.3 is 0 Å². The van der Waals surface area contributed by atoms with Crippen LogP contribution in [0.25, 0.3) is 0 Å². The SMILES string of the molecule is O=C1C=CC(=O)C2(CCCCC2)C(=O)C=CC(=O)C2(CCCCC2)C(=O)C=CC(=O)C2(CCCCC2)C(=O)C=CC(=O)C12CCCCC2. The average Bonchev–Trinajstić information content (AvgIpc) is 3.13. The standard InChI is InChI=1S/C40H48O8/c41-29-13-15-31(43)38(23-7-2-8-24-38)33(45)17-19-35(47)40(27-11-4-12-28-40)36(48)20-18-34(46)39(25-9-3-10-26-39)32(44)16-14-30(42)37(29)21-5-1-6-22-37/h13-20H,1-12,21-28H2. The maximum atomic E-state index is 13.8. The van der Waals surface area contributed by atoms with Gasteiger partial charge in [-0.1, -0.05) is 77.0 Å². The zero-order valence-electron chi connectivity index (χ0n) is 28.0. The van der Waals surface area contributed by atoms with Gasteiger partial charge in [0.05, 0.1) is 21.7 Å². The number of allylic oxidation sites excluding steroid dienone is 8. The van der Waals surface area contributed by atoms with Crippen LogP contribution in [-0.4, -0.2) is 46.3 Å². The Kier molecular flexibility index (Phi) is 11.0. The smallest absolute Gasteiger partial charge is 0.169 e. The Labute approximate surface area is 282 Å². The zero-order valence-corrected chi connectivity index (χ0v) is 28.0. The van der Waals surface area contributed by atoms with Crippen molar-refractivity contribution in [3.63, 3.8) is 0 Å². The summed E-state index contributed by atoms with van der Waals surface area (Å²) in [5, 5.41) is 0. The highest BCUT2D eigenvalue weighted by Gasteiger charge is 2.49. The number of carbonyl (C=O) groups is 8. The number of rotatable bonds is 0. The molecule has 5 rings (SSSR count). The molecule has 48 heavy (non-hydrogen) atoms. The Balaban J connectivity index is 1.60. The minimum absolute atomic E-state index is 0.271. The zero-order chi connectivity index (χ0) is 34.4. The van der Waals surface area contributed by atoms with E-state index in [1.807, 2.05) is 0 Å². The molecule has 0 heterocycles. The molecule has 0 aliphatic heterocycles. The third-order valence-electron chi connectivity index (χ3n) is 12.1. The van der Waals surface area contributed by atoms with Crippen LogP contribution in [0.15, 0.2) is 48.6 Å². The summed E-state index contributed by atoms with van der Waals surface area (Å²) in [6, 6.07) is 0. The van der Waals surface area contributed by atoms with Crippen LogP contribution in [-0.2, 0) is 38.4 Å². The minimum atomic E-state index is -1.44. The molecule has 0 radical (unpaired) electrons. The van der Waals surface area contributed by atoms with Crippen molar-refractivity contribution in [2.45, 2.75) is 128 Å². The summed E-state index contributed by atoms with van der Waals surface area (Å²) in [5.41, 5.74) is -5.75. The van der Waals surface area contributed by atoms with E-state index in [4.69, 9.17) is 0 Å². The van der Waals surface area contributed by atoms with Crippen LogP contribution < -0.4 is 0 Å². The fourth-order valence-corrected chi connectivity index (χ4v) is 8.96. The number of carbonyl (C=O) groups excluding carboxylic acids is 8. The van der Waals surface area contributed by atoms with Crippen LogP contribution >= 0.6 is 0 Å². The molecule has 5 aliphatic rings. The molecule has 5 aliphatic carbocycles. The maximum absolute atomic E-state index is 13.8. The van der Waals surface area contributed by atoms with Crippen molar-refractivity contribution in [3.05, 3.63) is 48.6 Å². The predicted molar refractivity (Wildman–Crippen MR) is 179 cm³/mol. The maximum Gasteiger partial charge on any atom is 0.169 e. The van der Waals surface area contributed by atoms with Crippen molar-refractivity contribution >= 4 is 46.3 Å². The fraction of sp³-hybridized carbons (Fsp3) is 0.600. The van der Waals surface area contributed by atoms with Crippen molar-refractivity contribution < 1.29 is 38.4 Å². The van der Waals surface area contributed by atoms with Crippen LogP contribution in [0.1, 0.15) is 128 Å². The molecule has 8 nitrogen and oxygen atoms in total. The Bertz CT molecular complexity index is 1170. The van der Waals surface area contributed by atoms with Crippen molar-refractivity contribution in [2.24, 2.45) is 21.7 Å². The fourth-order valence-electron chi connectivity index (χ4n) is 8.96. The highest BCUT2D eigenvalue weighted by molar-refractivity contribution is 6.24. The molecular formula is C40H48O8. The molecule has 4 saturated carbocycles. The van der Waals surface area contributed by atoms with Gasteiger partial charge in [-0.2, -0.15) is 0 Å². The molecular weight excluding hydrogens is 608 g/mol. The van der Waals surface area contributed by atoms with Gasteiger partial charge in [0.2, 0.25) is 0 Å². The molecule has 256 valence electrons.